The fourth-order valence-electron chi connectivity index (χ4n) is 5.10. The lowest BCUT2D eigenvalue weighted by molar-refractivity contribution is 0.205. The van der Waals surface area contributed by atoms with E-state index in [1.165, 1.54) is 24.3 Å². The van der Waals surface area contributed by atoms with Crippen LogP contribution in [0.1, 0.15) is 23.9 Å². The fraction of sp³-hybridized carbons (Fsp3) is 0.207. The predicted molar refractivity (Wildman–Crippen MR) is 153 cm³/mol. The third-order valence-electron chi connectivity index (χ3n) is 7.30. The van der Waals surface area contributed by atoms with E-state index >= 15 is 0 Å². The second-order valence-corrected chi connectivity index (χ2v) is 12.1. The number of fused-ring (bicyclic) bond motifs is 2. The molecule has 5 aromatic rings. The average Bonchev–Trinajstić information content (AvgIpc) is 3.57. The van der Waals surface area contributed by atoms with E-state index in [1.54, 1.807) is 17.0 Å². The molecule has 3 heterocycles. The van der Waals surface area contributed by atoms with E-state index in [-0.39, 0.29) is 16.7 Å². The number of carbonyl (C=O) groups is 1. The number of aromatic nitrogens is 4. The maximum Gasteiger partial charge on any atom is 0.322 e. The number of aryl methyl sites for hydroxylation is 1. The molecule has 12 heteroatoms. The first-order chi connectivity index (χ1) is 19.6. The van der Waals surface area contributed by atoms with Crippen LogP contribution in [-0.2, 0) is 29.2 Å². The van der Waals surface area contributed by atoms with Crippen molar-refractivity contribution in [2.45, 2.75) is 31.2 Å². The SMILES string of the molecule is CCc1cc(O)c(F)cc1-c1ccc2c(-c3nc4c([nH]3)CN(C(=O)Nc3ccc(S(C)(=O)=O)cc3)CC4)n[nH]c2c1. The van der Waals surface area contributed by atoms with Gasteiger partial charge in [0, 0.05) is 30.3 Å². The van der Waals surface area contributed by atoms with Crippen molar-refractivity contribution < 1.29 is 22.7 Å². The monoisotopic (exact) mass is 574 g/mol. The van der Waals surface area contributed by atoms with Crippen LogP contribution in [0.4, 0.5) is 14.9 Å². The standard InChI is InChI=1S/C29H27FN6O4S/c1-3-16-13-26(37)22(30)14-21(16)17-4-9-20-24(12-17)34-35-27(20)28-32-23-10-11-36(15-25(23)33-28)29(38)31-18-5-7-19(8-6-18)41(2,39)40/h4-9,12-14,37H,3,10-11,15H2,1-2H3,(H,31,38)(H,32,33)(H,34,35). The predicted octanol–water partition coefficient (Wildman–Crippen LogP) is 5.02. The van der Waals surface area contributed by atoms with E-state index in [9.17, 15) is 22.7 Å². The molecule has 0 spiro atoms. The van der Waals surface area contributed by atoms with Gasteiger partial charge in [-0.25, -0.2) is 22.6 Å². The molecular formula is C29H27FN6O4S. The van der Waals surface area contributed by atoms with Gasteiger partial charge in [-0.15, -0.1) is 0 Å². The minimum absolute atomic E-state index is 0.185. The lowest BCUT2D eigenvalue weighted by Gasteiger charge is -2.26. The Balaban J connectivity index is 1.21. The summed E-state index contributed by atoms with van der Waals surface area (Å²) in [5, 5.41) is 21.0. The van der Waals surface area contributed by atoms with E-state index < -0.39 is 15.7 Å². The number of anilines is 1. The lowest BCUT2D eigenvalue weighted by atomic mass is 9.96. The Morgan fingerprint density at radius 1 is 1.15 bits per heavy atom. The third kappa shape index (κ3) is 5.02. The maximum atomic E-state index is 14.1. The van der Waals surface area contributed by atoms with Gasteiger partial charge in [-0.05, 0) is 71.6 Å². The van der Waals surface area contributed by atoms with Crippen LogP contribution in [0.25, 0.3) is 33.5 Å². The van der Waals surface area contributed by atoms with Crippen molar-refractivity contribution in [1.82, 2.24) is 25.1 Å². The van der Waals surface area contributed by atoms with Gasteiger partial charge in [0.05, 0.1) is 28.3 Å². The fourth-order valence-corrected chi connectivity index (χ4v) is 5.73. The molecule has 6 rings (SSSR count). The summed E-state index contributed by atoms with van der Waals surface area (Å²) >= 11 is 0. The number of H-pyrrole nitrogens is 2. The lowest BCUT2D eigenvalue weighted by Crippen LogP contribution is -2.38. The second kappa shape index (κ2) is 10.0. The van der Waals surface area contributed by atoms with Crippen molar-refractivity contribution in [2.24, 2.45) is 0 Å². The molecular weight excluding hydrogens is 547 g/mol. The summed E-state index contributed by atoms with van der Waals surface area (Å²) in [4.78, 5) is 22.8. The molecule has 0 unspecified atom stereocenters. The van der Waals surface area contributed by atoms with Crippen molar-refractivity contribution >= 4 is 32.5 Å². The van der Waals surface area contributed by atoms with E-state index in [0.717, 1.165) is 39.7 Å². The summed E-state index contributed by atoms with van der Waals surface area (Å²) < 4.78 is 37.5. The number of hydrogen-bond donors (Lipinski definition) is 4. The van der Waals surface area contributed by atoms with E-state index in [4.69, 9.17) is 4.98 Å². The average molecular weight is 575 g/mol. The molecule has 0 aliphatic carbocycles. The molecule has 0 fully saturated rings. The zero-order valence-electron chi connectivity index (χ0n) is 22.3. The normalized spacial score (nSPS) is 13.4. The van der Waals surface area contributed by atoms with Gasteiger partial charge in [0.2, 0.25) is 0 Å². The number of aromatic hydroxyl groups is 1. The van der Waals surface area contributed by atoms with E-state index in [1.807, 2.05) is 25.1 Å². The number of amides is 2. The highest BCUT2D eigenvalue weighted by Crippen LogP contribution is 2.34. The Morgan fingerprint density at radius 2 is 1.93 bits per heavy atom. The molecule has 10 nitrogen and oxygen atoms in total. The van der Waals surface area contributed by atoms with Crippen LogP contribution in [0.5, 0.6) is 5.75 Å². The summed E-state index contributed by atoms with van der Waals surface area (Å²) in [6.07, 6.45) is 2.33. The van der Waals surface area contributed by atoms with E-state index in [2.05, 4.69) is 20.5 Å². The number of imidazole rings is 1. The molecule has 1 aliphatic rings. The van der Waals surface area contributed by atoms with Crippen molar-refractivity contribution in [3.05, 3.63) is 77.4 Å². The molecule has 0 saturated heterocycles. The van der Waals surface area contributed by atoms with Crippen LogP contribution in [0, 0.1) is 5.82 Å². The number of hydrogen-bond acceptors (Lipinski definition) is 6. The van der Waals surface area contributed by atoms with Crippen molar-refractivity contribution in [3.8, 4) is 28.4 Å². The summed E-state index contributed by atoms with van der Waals surface area (Å²) in [6.45, 7) is 2.75. The minimum atomic E-state index is -3.32. The molecule has 3 aromatic carbocycles. The molecule has 0 radical (unpaired) electrons. The van der Waals surface area contributed by atoms with E-state index in [0.29, 0.717) is 48.7 Å². The van der Waals surface area contributed by atoms with Gasteiger partial charge in [-0.2, -0.15) is 5.10 Å². The number of nitrogens with zero attached hydrogens (tertiary/aromatic N) is 3. The zero-order valence-corrected chi connectivity index (χ0v) is 23.1. The summed E-state index contributed by atoms with van der Waals surface area (Å²) in [5.74, 6) is -0.453. The number of aromatic amines is 2. The molecule has 4 N–H and O–H groups in total. The molecule has 1 aliphatic heterocycles. The van der Waals surface area contributed by atoms with Crippen molar-refractivity contribution in [1.29, 1.82) is 0 Å². The highest BCUT2D eigenvalue weighted by Gasteiger charge is 2.25. The molecule has 41 heavy (non-hydrogen) atoms. The van der Waals surface area contributed by atoms with Gasteiger partial charge in [0.15, 0.2) is 27.2 Å². The Kier molecular flexibility index (Phi) is 6.49. The van der Waals surface area contributed by atoms with Gasteiger partial charge < -0.3 is 20.3 Å². The summed E-state index contributed by atoms with van der Waals surface area (Å²) in [5.41, 5.74) is 5.91. The number of halogens is 1. The zero-order chi connectivity index (χ0) is 28.9. The topological polar surface area (TPSA) is 144 Å². The molecule has 0 saturated carbocycles. The largest absolute Gasteiger partial charge is 0.505 e. The molecule has 2 amide bonds. The first-order valence-corrected chi connectivity index (χ1v) is 14.9. The molecule has 0 atom stereocenters. The van der Waals surface area contributed by atoms with Crippen LogP contribution >= 0.6 is 0 Å². The summed E-state index contributed by atoms with van der Waals surface area (Å²) in [6, 6.07) is 14.3. The van der Waals surface area contributed by atoms with Crippen LogP contribution in [0.15, 0.2) is 59.5 Å². The smallest absolute Gasteiger partial charge is 0.322 e. The number of phenolic OH excluding ortho intramolecular Hbond substituents is 1. The highest BCUT2D eigenvalue weighted by molar-refractivity contribution is 7.90. The Labute approximate surface area is 235 Å². The quantitative estimate of drug-likeness (QED) is 0.232. The number of benzene rings is 3. The van der Waals surface area contributed by atoms with Gasteiger partial charge in [-0.1, -0.05) is 13.0 Å². The summed E-state index contributed by atoms with van der Waals surface area (Å²) in [7, 11) is -3.32. The van der Waals surface area contributed by atoms with Gasteiger partial charge in [0.1, 0.15) is 5.69 Å². The van der Waals surface area contributed by atoms with Crippen molar-refractivity contribution in [3.63, 3.8) is 0 Å². The maximum absolute atomic E-state index is 14.1. The number of sulfone groups is 1. The first-order valence-electron chi connectivity index (χ1n) is 13.0. The number of nitrogens with one attached hydrogen (secondary N) is 3. The number of phenols is 1. The Hall–Kier alpha value is -4.71. The van der Waals surface area contributed by atoms with Crippen LogP contribution in [-0.4, -0.2) is 57.4 Å². The molecule has 210 valence electrons. The Morgan fingerprint density at radius 3 is 2.66 bits per heavy atom. The number of urea groups is 1. The minimum Gasteiger partial charge on any atom is -0.505 e. The number of carbonyl (C=O) groups excluding carboxylic acids is 1. The number of rotatable bonds is 5. The van der Waals surface area contributed by atoms with Gasteiger partial charge in [-0.3, -0.25) is 5.10 Å². The van der Waals surface area contributed by atoms with Crippen molar-refractivity contribution in [2.75, 3.05) is 18.1 Å². The van der Waals surface area contributed by atoms with Gasteiger partial charge in [0.25, 0.3) is 0 Å². The molecule has 0 bridgehead atoms. The van der Waals surface area contributed by atoms with Gasteiger partial charge >= 0.3 is 6.03 Å². The first kappa shape index (κ1) is 26.5. The highest BCUT2D eigenvalue weighted by atomic mass is 32.2. The molecule has 2 aromatic heterocycles. The Bertz CT molecular complexity index is 1910. The van der Waals surface area contributed by atoms with Crippen LogP contribution in [0.2, 0.25) is 0 Å². The van der Waals surface area contributed by atoms with Crippen LogP contribution < -0.4 is 5.32 Å². The second-order valence-electron chi connectivity index (χ2n) is 10.1. The third-order valence-corrected chi connectivity index (χ3v) is 8.43. The van der Waals surface area contributed by atoms with Crippen LogP contribution in [0.3, 0.4) is 0 Å².